The van der Waals surface area contributed by atoms with Gasteiger partial charge in [0, 0.05) is 44.1 Å². The van der Waals surface area contributed by atoms with E-state index < -0.39 is 17.4 Å². The summed E-state index contributed by atoms with van der Waals surface area (Å²) in [7, 11) is 0. The summed E-state index contributed by atoms with van der Waals surface area (Å²) in [5.74, 6) is -0.829. The Labute approximate surface area is 195 Å². The fourth-order valence-corrected chi connectivity index (χ4v) is 4.70. The molecule has 7 nitrogen and oxygen atoms in total. The number of hydrogen-bond donors (Lipinski definition) is 2. The molecule has 0 spiro atoms. The summed E-state index contributed by atoms with van der Waals surface area (Å²) < 4.78 is 0. The van der Waals surface area contributed by atoms with Crippen molar-refractivity contribution in [2.24, 2.45) is 0 Å². The van der Waals surface area contributed by atoms with Crippen LogP contribution in [-0.2, 0) is 20.9 Å². The predicted octanol–water partition coefficient (Wildman–Crippen LogP) is 2.97. The van der Waals surface area contributed by atoms with Crippen LogP contribution >= 0.6 is 0 Å². The number of hydrogen-bond acceptors (Lipinski definition) is 5. The van der Waals surface area contributed by atoms with Crippen molar-refractivity contribution >= 4 is 29.5 Å². The third kappa shape index (κ3) is 6.20. The van der Waals surface area contributed by atoms with Crippen LogP contribution in [0, 0.1) is 0 Å². The van der Waals surface area contributed by atoms with Gasteiger partial charge in [-0.05, 0) is 55.5 Å². The summed E-state index contributed by atoms with van der Waals surface area (Å²) in [6, 6.07) is 17.8. The van der Waals surface area contributed by atoms with Crippen LogP contribution < -0.4 is 15.5 Å². The van der Waals surface area contributed by atoms with Gasteiger partial charge >= 0.3 is 0 Å². The SMILES string of the molecule is O=CC1(NC(=O)CC(=O)Nc2ccc(N3CCCCC3)cc2)CCN(Cc2ccccc2)C1. The van der Waals surface area contributed by atoms with Crippen molar-refractivity contribution in [3.63, 3.8) is 0 Å². The number of amides is 2. The Morgan fingerprint density at radius 2 is 1.64 bits per heavy atom. The number of likely N-dealkylation sites (tertiary alicyclic amines) is 1. The molecule has 7 heteroatoms. The molecule has 33 heavy (non-hydrogen) atoms. The highest BCUT2D eigenvalue weighted by Crippen LogP contribution is 2.23. The van der Waals surface area contributed by atoms with E-state index in [-0.39, 0.29) is 6.42 Å². The van der Waals surface area contributed by atoms with E-state index in [4.69, 9.17) is 0 Å². The number of piperidine rings is 1. The van der Waals surface area contributed by atoms with Gasteiger partial charge in [-0.25, -0.2) is 0 Å². The van der Waals surface area contributed by atoms with Crippen LogP contribution in [-0.4, -0.2) is 54.7 Å². The van der Waals surface area contributed by atoms with E-state index in [0.717, 1.165) is 37.2 Å². The lowest BCUT2D eigenvalue weighted by atomic mass is 10.0. The summed E-state index contributed by atoms with van der Waals surface area (Å²) in [5.41, 5.74) is 2.03. The minimum absolute atomic E-state index is 0.317. The van der Waals surface area contributed by atoms with Crippen molar-refractivity contribution in [1.82, 2.24) is 10.2 Å². The van der Waals surface area contributed by atoms with E-state index in [1.165, 1.54) is 19.3 Å². The molecule has 2 fully saturated rings. The molecule has 0 aliphatic carbocycles. The van der Waals surface area contributed by atoms with Crippen LogP contribution in [0.2, 0.25) is 0 Å². The Hall–Kier alpha value is -3.19. The molecule has 1 atom stereocenters. The Kier molecular flexibility index (Phi) is 7.40. The van der Waals surface area contributed by atoms with Gasteiger partial charge in [-0.3, -0.25) is 14.5 Å². The summed E-state index contributed by atoms with van der Waals surface area (Å²) in [6.07, 6.45) is 4.73. The Balaban J connectivity index is 1.26. The zero-order valence-corrected chi connectivity index (χ0v) is 19.0. The minimum Gasteiger partial charge on any atom is -0.372 e. The molecule has 2 aliphatic heterocycles. The second-order valence-corrected chi connectivity index (χ2v) is 9.09. The third-order valence-corrected chi connectivity index (χ3v) is 6.44. The highest BCUT2D eigenvalue weighted by Gasteiger charge is 2.39. The van der Waals surface area contributed by atoms with Crippen molar-refractivity contribution in [3.8, 4) is 0 Å². The first-order chi connectivity index (χ1) is 16.0. The first-order valence-corrected chi connectivity index (χ1v) is 11.7. The number of anilines is 2. The van der Waals surface area contributed by atoms with E-state index in [9.17, 15) is 14.4 Å². The fourth-order valence-electron chi connectivity index (χ4n) is 4.70. The smallest absolute Gasteiger partial charge is 0.233 e. The van der Waals surface area contributed by atoms with Crippen LogP contribution in [0.1, 0.15) is 37.7 Å². The first-order valence-electron chi connectivity index (χ1n) is 11.7. The zero-order valence-electron chi connectivity index (χ0n) is 19.0. The molecule has 1 unspecified atom stereocenters. The first kappa shape index (κ1) is 23.0. The van der Waals surface area contributed by atoms with Gasteiger partial charge in [-0.1, -0.05) is 30.3 Å². The molecular formula is C26H32N4O3. The van der Waals surface area contributed by atoms with Crippen molar-refractivity contribution in [2.45, 2.75) is 44.2 Å². The van der Waals surface area contributed by atoms with Crippen LogP contribution in [0.4, 0.5) is 11.4 Å². The molecule has 4 rings (SSSR count). The molecule has 2 aromatic carbocycles. The number of nitrogens with one attached hydrogen (secondary N) is 2. The molecule has 0 aromatic heterocycles. The molecule has 2 aliphatic rings. The normalized spacial score (nSPS) is 20.9. The summed E-state index contributed by atoms with van der Waals surface area (Å²) in [6.45, 7) is 4.00. The molecule has 2 aromatic rings. The van der Waals surface area contributed by atoms with Crippen LogP contribution in [0.3, 0.4) is 0 Å². The van der Waals surface area contributed by atoms with E-state index >= 15 is 0 Å². The van der Waals surface area contributed by atoms with Crippen molar-refractivity contribution in [1.29, 1.82) is 0 Å². The molecule has 0 radical (unpaired) electrons. The maximum Gasteiger partial charge on any atom is 0.233 e. The monoisotopic (exact) mass is 448 g/mol. The average molecular weight is 449 g/mol. The molecule has 174 valence electrons. The number of carbonyl (C=O) groups excluding carboxylic acids is 3. The number of aldehydes is 1. The van der Waals surface area contributed by atoms with Gasteiger partial charge in [0.05, 0.1) is 0 Å². The highest BCUT2D eigenvalue weighted by atomic mass is 16.2. The molecule has 2 amide bonds. The molecule has 2 saturated heterocycles. The van der Waals surface area contributed by atoms with Crippen molar-refractivity contribution in [3.05, 3.63) is 60.2 Å². The Bertz CT molecular complexity index is 957. The second kappa shape index (κ2) is 10.6. The molecule has 2 N–H and O–H groups in total. The topological polar surface area (TPSA) is 81.7 Å². The van der Waals surface area contributed by atoms with E-state index in [1.54, 1.807) is 0 Å². The summed E-state index contributed by atoms with van der Waals surface area (Å²) >= 11 is 0. The lowest BCUT2D eigenvalue weighted by molar-refractivity contribution is -0.130. The maximum absolute atomic E-state index is 12.5. The summed E-state index contributed by atoms with van der Waals surface area (Å²) in [4.78, 5) is 41.3. The largest absolute Gasteiger partial charge is 0.372 e. The van der Waals surface area contributed by atoms with Gasteiger partial charge < -0.3 is 20.3 Å². The maximum atomic E-state index is 12.5. The van der Waals surface area contributed by atoms with Crippen molar-refractivity contribution < 1.29 is 14.4 Å². The standard InChI is InChI=1S/C26H32N4O3/c31-20-26(13-16-29(19-26)18-21-7-3-1-4-8-21)28-25(33)17-24(32)27-22-9-11-23(12-10-22)30-14-5-2-6-15-30/h1,3-4,7-12,20H,2,5-6,13-19H2,(H,27,32)(H,28,33). The predicted molar refractivity (Wildman–Crippen MR) is 129 cm³/mol. The number of rotatable bonds is 8. The van der Waals surface area contributed by atoms with Crippen LogP contribution in [0.15, 0.2) is 54.6 Å². The molecule has 2 heterocycles. The second-order valence-electron chi connectivity index (χ2n) is 9.09. The van der Waals surface area contributed by atoms with Crippen LogP contribution in [0.25, 0.3) is 0 Å². The van der Waals surface area contributed by atoms with Gasteiger partial charge in [0.1, 0.15) is 18.2 Å². The number of carbonyl (C=O) groups is 3. The highest BCUT2D eigenvalue weighted by molar-refractivity contribution is 6.04. The van der Waals surface area contributed by atoms with Gasteiger partial charge in [0.2, 0.25) is 11.8 Å². The number of nitrogens with zero attached hydrogens (tertiary/aromatic N) is 2. The van der Waals surface area contributed by atoms with Crippen LogP contribution in [0.5, 0.6) is 0 Å². The van der Waals surface area contributed by atoms with E-state index in [2.05, 4.69) is 20.4 Å². The average Bonchev–Trinajstić information content (AvgIpc) is 3.23. The van der Waals surface area contributed by atoms with Gasteiger partial charge in [0.15, 0.2) is 0 Å². The quantitative estimate of drug-likeness (QED) is 0.479. The van der Waals surface area contributed by atoms with Crippen molar-refractivity contribution in [2.75, 3.05) is 36.4 Å². The third-order valence-electron chi connectivity index (χ3n) is 6.44. The Morgan fingerprint density at radius 1 is 0.909 bits per heavy atom. The van der Waals surface area contributed by atoms with Gasteiger partial charge in [-0.2, -0.15) is 0 Å². The minimum atomic E-state index is -0.942. The molecular weight excluding hydrogens is 416 g/mol. The lowest BCUT2D eigenvalue weighted by Gasteiger charge is -2.28. The Morgan fingerprint density at radius 3 is 2.33 bits per heavy atom. The lowest BCUT2D eigenvalue weighted by Crippen LogP contribution is -2.52. The van der Waals surface area contributed by atoms with E-state index in [0.29, 0.717) is 25.2 Å². The summed E-state index contributed by atoms with van der Waals surface area (Å²) in [5, 5.41) is 5.59. The fraction of sp³-hybridized carbons (Fsp3) is 0.423. The van der Waals surface area contributed by atoms with E-state index in [1.807, 2.05) is 54.6 Å². The van der Waals surface area contributed by atoms with Gasteiger partial charge in [-0.15, -0.1) is 0 Å². The molecule has 0 bridgehead atoms. The molecule has 0 saturated carbocycles. The zero-order chi connectivity index (χ0) is 23.1. The number of benzene rings is 2. The van der Waals surface area contributed by atoms with Gasteiger partial charge in [0.25, 0.3) is 0 Å².